The number of nitro benzene ring substituents is 1. The average molecular weight is 314 g/mol. The lowest BCUT2D eigenvalue weighted by Crippen LogP contribution is -2.19. The molecule has 1 aromatic heterocycles. The molecule has 1 aromatic carbocycles. The number of nitro groups is 1. The molecule has 118 valence electrons. The van der Waals surface area contributed by atoms with Crippen molar-refractivity contribution in [3.8, 4) is 5.75 Å². The zero-order chi connectivity index (χ0) is 16.8. The molecule has 0 aliphatic rings. The molecule has 0 saturated carbocycles. The second-order valence-corrected chi connectivity index (χ2v) is 4.60. The SMILES string of the molecule is CCc1ccc(C(=O)N/N=C\c2cc([N+](=O)[O-])ccc2O)nc1. The number of benzene rings is 1. The van der Waals surface area contributed by atoms with Crippen molar-refractivity contribution in [1.82, 2.24) is 10.4 Å². The van der Waals surface area contributed by atoms with E-state index in [1.165, 1.54) is 12.1 Å². The zero-order valence-electron chi connectivity index (χ0n) is 12.3. The van der Waals surface area contributed by atoms with Gasteiger partial charge in [0.25, 0.3) is 11.6 Å². The molecule has 0 spiro atoms. The number of phenolic OH excluding ortho intramolecular Hbond substituents is 1. The van der Waals surface area contributed by atoms with E-state index in [1.54, 1.807) is 18.3 Å². The number of hydrogen-bond acceptors (Lipinski definition) is 6. The van der Waals surface area contributed by atoms with Crippen LogP contribution >= 0.6 is 0 Å². The predicted molar refractivity (Wildman–Crippen MR) is 83.4 cm³/mol. The van der Waals surface area contributed by atoms with E-state index in [0.717, 1.165) is 24.3 Å². The third-order valence-corrected chi connectivity index (χ3v) is 3.06. The molecule has 0 aliphatic heterocycles. The van der Waals surface area contributed by atoms with Gasteiger partial charge >= 0.3 is 0 Å². The van der Waals surface area contributed by atoms with Crippen LogP contribution in [0, 0.1) is 10.1 Å². The molecule has 0 saturated heterocycles. The number of aromatic nitrogens is 1. The first-order valence-electron chi connectivity index (χ1n) is 6.77. The molecule has 0 unspecified atom stereocenters. The van der Waals surface area contributed by atoms with Gasteiger partial charge in [-0.15, -0.1) is 0 Å². The summed E-state index contributed by atoms with van der Waals surface area (Å²) in [4.78, 5) is 25.9. The number of carbonyl (C=O) groups is 1. The van der Waals surface area contributed by atoms with E-state index in [9.17, 15) is 20.0 Å². The fraction of sp³-hybridized carbons (Fsp3) is 0.133. The summed E-state index contributed by atoms with van der Waals surface area (Å²) in [5.74, 6) is -0.701. The van der Waals surface area contributed by atoms with Crippen molar-refractivity contribution < 1.29 is 14.8 Å². The van der Waals surface area contributed by atoms with Crippen molar-refractivity contribution in [2.75, 3.05) is 0 Å². The molecule has 0 bridgehead atoms. The molecular formula is C15H14N4O4. The van der Waals surface area contributed by atoms with E-state index in [1.807, 2.05) is 6.92 Å². The number of rotatable bonds is 5. The second kappa shape index (κ2) is 7.12. The van der Waals surface area contributed by atoms with Gasteiger partial charge in [-0.05, 0) is 24.1 Å². The highest BCUT2D eigenvalue weighted by Crippen LogP contribution is 2.21. The number of carbonyl (C=O) groups excluding carboxylic acids is 1. The Morgan fingerprint density at radius 3 is 2.83 bits per heavy atom. The number of hydrazone groups is 1. The number of pyridine rings is 1. The first-order valence-corrected chi connectivity index (χ1v) is 6.77. The number of nitrogens with zero attached hydrogens (tertiary/aromatic N) is 3. The van der Waals surface area contributed by atoms with Gasteiger partial charge in [0.05, 0.1) is 11.1 Å². The van der Waals surface area contributed by atoms with Gasteiger partial charge in [0.2, 0.25) is 0 Å². The third-order valence-electron chi connectivity index (χ3n) is 3.06. The molecule has 8 nitrogen and oxygen atoms in total. The number of aromatic hydroxyl groups is 1. The minimum atomic E-state index is -0.589. The number of hydrogen-bond donors (Lipinski definition) is 2. The van der Waals surface area contributed by atoms with Crippen molar-refractivity contribution in [2.45, 2.75) is 13.3 Å². The minimum absolute atomic E-state index is 0.119. The van der Waals surface area contributed by atoms with Crippen LogP contribution in [0.15, 0.2) is 41.6 Å². The minimum Gasteiger partial charge on any atom is -0.507 e. The van der Waals surface area contributed by atoms with Crippen LogP contribution < -0.4 is 5.43 Å². The maximum atomic E-state index is 11.8. The standard InChI is InChI=1S/C15H14N4O4/c1-2-10-3-5-13(16-8-10)15(21)18-17-9-11-7-12(19(22)23)4-6-14(11)20/h3-9,20H,2H2,1H3,(H,18,21)/b17-9-. The Morgan fingerprint density at radius 2 is 2.22 bits per heavy atom. The third kappa shape index (κ3) is 4.10. The number of nitrogens with one attached hydrogen (secondary N) is 1. The van der Waals surface area contributed by atoms with Crippen molar-refractivity contribution >= 4 is 17.8 Å². The lowest BCUT2D eigenvalue weighted by Gasteiger charge is -2.01. The quantitative estimate of drug-likeness (QED) is 0.497. The van der Waals surface area contributed by atoms with Gasteiger partial charge in [0.15, 0.2) is 0 Å². The van der Waals surface area contributed by atoms with E-state index < -0.39 is 10.8 Å². The molecule has 2 aromatic rings. The van der Waals surface area contributed by atoms with Crippen LogP contribution in [0.25, 0.3) is 0 Å². The van der Waals surface area contributed by atoms with Gasteiger partial charge in [0.1, 0.15) is 11.4 Å². The van der Waals surface area contributed by atoms with Crippen LogP contribution in [-0.4, -0.2) is 27.1 Å². The predicted octanol–water partition coefficient (Wildman–Crippen LogP) is 2.02. The highest BCUT2D eigenvalue weighted by Gasteiger charge is 2.09. The van der Waals surface area contributed by atoms with Gasteiger partial charge in [-0.3, -0.25) is 19.9 Å². The van der Waals surface area contributed by atoms with E-state index in [2.05, 4.69) is 15.5 Å². The summed E-state index contributed by atoms with van der Waals surface area (Å²) in [5, 5.41) is 24.0. The lowest BCUT2D eigenvalue weighted by atomic mass is 10.2. The van der Waals surface area contributed by atoms with Crippen LogP contribution in [0.3, 0.4) is 0 Å². The van der Waals surface area contributed by atoms with E-state index in [-0.39, 0.29) is 22.7 Å². The highest BCUT2D eigenvalue weighted by molar-refractivity contribution is 5.93. The number of amides is 1. The van der Waals surface area contributed by atoms with Crippen LogP contribution in [0.2, 0.25) is 0 Å². The van der Waals surface area contributed by atoms with Crippen molar-refractivity contribution in [2.24, 2.45) is 5.10 Å². The second-order valence-electron chi connectivity index (χ2n) is 4.60. The van der Waals surface area contributed by atoms with Gasteiger partial charge in [-0.25, -0.2) is 5.43 Å². The van der Waals surface area contributed by atoms with E-state index in [0.29, 0.717) is 0 Å². The Balaban J connectivity index is 2.07. The largest absolute Gasteiger partial charge is 0.507 e. The van der Waals surface area contributed by atoms with Gasteiger partial charge in [-0.2, -0.15) is 5.10 Å². The van der Waals surface area contributed by atoms with Crippen molar-refractivity contribution in [3.05, 3.63) is 63.5 Å². The summed E-state index contributed by atoms with van der Waals surface area (Å²) in [6, 6.07) is 6.88. The van der Waals surface area contributed by atoms with Crippen LogP contribution in [0.4, 0.5) is 5.69 Å². The first kappa shape index (κ1) is 16.1. The van der Waals surface area contributed by atoms with Gasteiger partial charge in [-0.1, -0.05) is 13.0 Å². The summed E-state index contributed by atoms with van der Waals surface area (Å²) in [6.07, 6.45) is 3.55. The average Bonchev–Trinajstić information content (AvgIpc) is 2.56. The molecule has 1 heterocycles. The van der Waals surface area contributed by atoms with Crippen LogP contribution in [-0.2, 0) is 6.42 Å². The van der Waals surface area contributed by atoms with Crippen LogP contribution in [0.5, 0.6) is 5.75 Å². The van der Waals surface area contributed by atoms with E-state index >= 15 is 0 Å². The molecule has 8 heteroatoms. The lowest BCUT2D eigenvalue weighted by molar-refractivity contribution is -0.384. The fourth-order valence-electron chi connectivity index (χ4n) is 1.74. The van der Waals surface area contributed by atoms with Gasteiger partial charge < -0.3 is 5.11 Å². The molecule has 1 amide bonds. The fourth-order valence-corrected chi connectivity index (χ4v) is 1.74. The van der Waals surface area contributed by atoms with E-state index in [4.69, 9.17) is 0 Å². The Kier molecular flexibility index (Phi) is 4.98. The maximum absolute atomic E-state index is 11.8. The Labute approximate surface area is 131 Å². The highest BCUT2D eigenvalue weighted by atomic mass is 16.6. The first-order chi connectivity index (χ1) is 11.0. The molecule has 23 heavy (non-hydrogen) atoms. The molecule has 0 aliphatic carbocycles. The summed E-state index contributed by atoms with van der Waals surface area (Å²) >= 11 is 0. The molecule has 0 fully saturated rings. The molecule has 2 rings (SSSR count). The molecule has 0 radical (unpaired) electrons. The summed E-state index contributed by atoms with van der Waals surface area (Å²) in [5.41, 5.74) is 3.38. The number of aryl methyl sites for hydroxylation is 1. The molecule has 2 N–H and O–H groups in total. The number of phenols is 1. The maximum Gasteiger partial charge on any atom is 0.289 e. The number of non-ortho nitro benzene ring substituents is 1. The zero-order valence-corrected chi connectivity index (χ0v) is 12.3. The monoisotopic (exact) mass is 314 g/mol. The van der Waals surface area contributed by atoms with Crippen LogP contribution in [0.1, 0.15) is 28.5 Å². The van der Waals surface area contributed by atoms with Crippen molar-refractivity contribution in [3.63, 3.8) is 0 Å². The summed E-state index contributed by atoms with van der Waals surface area (Å²) in [6.45, 7) is 1.98. The Hall–Kier alpha value is -3.29. The Bertz CT molecular complexity index is 757. The van der Waals surface area contributed by atoms with Crippen molar-refractivity contribution in [1.29, 1.82) is 0 Å². The summed E-state index contributed by atoms with van der Waals surface area (Å²) in [7, 11) is 0. The normalized spacial score (nSPS) is 10.7. The summed E-state index contributed by atoms with van der Waals surface area (Å²) < 4.78 is 0. The topological polar surface area (TPSA) is 118 Å². The Morgan fingerprint density at radius 1 is 1.43 bits per heavy atom. The molecular weight excluding hydrogens is 300 g/mol. The smallest absolute Gasteiger partial charge is 0.289 e. The van der Waals surface area contributed by atoms with Gasteiger partial charge in [0, 0.05) is 23.9 Å². The molecule has 0 atom stereocenters.